The molecular weight excluding hydrogens is 243 g/mol. The third-order valence-corrected chi connectivity index (χ3v) is 3.33. The van der Waals surface area contributed by atoms with Gasteiger partial charge < -0.3 is 5.32 Å². The number of hydrogen-bond donors (Lipinski definition) is 1. The zero-order valence-electron chi connectivity index (χ0n) is 9.85. The molecule has 18 heavy (non-hydrogen) atoms. The maximum absolute atomic E-state index is 12.4. The molecule has 0 spiro atoms. The highest BCUT2D eigenvalue weighted by Gasteiger charge is 2.34. The zero-order chi connectivity index (χ0) is 12.8. The zero-order valence-corrected chi connectivity index (χ0v) is 9.85. The van der Waals surface area contributed by atoms with Crippen molar-refractivity contribution in [3.63, 3.8) is 0 Å². The van der Waals surface area contributed by atoms with E-state index in [4.69, 9.17) is 0 Å². The van der Waals surface area contributed by atoms with Gasteiger partial charge in [0.1, 0.15) is 12.2 Å². The van der Waals surface area contributed by atoms with Crippen molar-refractivity contribution in [3.8, 4) is 0 Å². The second kappa shape index (κ2) is 4.19. The topological polar surface area (TPSA) is 37.8 Å². The Morgan fingerprint density at radius 3 is 2.67 bits per heavy atom. The standard InChI is InChI=1S/C12H14F3N3/c13-12(14,15)5-10-17-9-3-4-16-6-8(9)11(18-10)7-1-2-7/h7,16H,1-6H2. The van der Waals surface area contributed by atoms with Gasteiger partial charge in [-0.25, -0.2) is 9.97 Å². The fraction of sp³-hybridized carbons (Fsp3) is 0.667. The van der Waals surface area contributed by atoms with Gasteiger partial charge >= 0.3 is 6.18 Å². The van der Waals surface area contributed by atoms with E-state index >= 15 is 0 Å². The molecule has 0 saturated heterocycles. The minimum absolute atomic E-state index is 0.0648. The second-order valence-electron chi connectivity index (χ2n) is 4.94. The molecule has 1 N–H and O–H groups in total. The van der Waals surface area contributed by atoms with Gasteiger partial charge in [-0.1, -0.05) is 0 Å². The molecule has 6 heteroatoms. The first-order valence-electron chi connectivity index (χ1n) is 6.19. The third-order valence-electron chi connectivity index (χ3n) is 3.33. The lowest BCUT2D eigenvalue weighted by Crippen LogP contribution is -2.28. The number of aromatic nitrogens is 2. The quantitative estimate of drug-likeness (QED) is 0.881. The number of alkyl halides is 3. The van der Waals surface area contributed by atoms with Gasteiger partial charge in [-0.05, 0) is 12.8 Å². The summed E-state index contributed by atoms with van der Waals surface area (Å²) in [4.78, 5) is 8.26. The van der Waals surface area contributed by atoms with Crippen LogP contribution in [0.1, 0.15) is 41.5 Å². The van der Waals surface area contributed by atoms with E-state index in [1.165, 1.54) is 0 Å². The largest absolute Gasteiger partial charge is 0.396 e. The monoisotopic (exact) mass is 257 g/mol. The lowest BCUT2D eigenvalue weighted by atomic mass is 10.0. The Hall–Kier alpha value is -1.17. The van der Waals surface area contributed by atoms with E-state index in [0.717, 1.165) is 36.3 Å². The number of halogens is 3. The number of nitrogens with zero attached hydrogens (tertiary/aromatic N) is 2. The van der Waals surface area contributed by atoms with E-state index in [1.54, 1.807) is 0 Å². The molecule has 98 valence electrons. The van der Waals surface area contributed by atoms with Crippen LogP contribution in [-0.2, 0) is 19.4 Å². The Morgan fingerprint density at radius 2 is 2.00 bits per heavy atom. The Morgan fingerprint density at radius 1 is 1.22 bits per heavy atom. The van der Waals surface area contributed by atoms with E-state index < -0.39 is 12.6 Å². The molecule has 1 aromatic rings. The molecule has 2 heterocycles. The smallest absolute Gasteiger partial charge is 0.312 e. The maximum Gasteiger partial charge on any atom is 0.396 e. The van der Waals surface area contributed by atoms with Crippen LogP contribution in [0.2, 0.25) is 0 Å². The van der Waals surface area contributed by atoms with E-state index in [2.05, 4.69) is 15.3 Å². The highest BCUT2D eigenvalue weighted by molar-refractivity contribution is 5.33. The summed E-state index contributed by atoms with van der Waals surface area (Å²) in [5.41, 5.74) is 2.70. The minimum Gasteiger partial charge on any atom is -0.312 e. The first kappa shape index (κ1) is 11.9. The van der Waals surface area contributed by atoms with Gasteiger partial charge in [-0.2, -0.15) is 13.2 Å². The van der Waals surface area contributed by atoms with Gasteiger partial charge in [-0.15, -0.1) is 0 Å². The summed E-state index contributed by atoms with van der Waals surface area (Å²) in [6.45, 7) is 1.47. The molecular formula is C12H14F3N3. The number of hydrogen-bond acceptors (Lipinski definition) is 3. The van der Waals surface area contributed by atoms with Gasteiger partial charge in [0.25, 0.3) is 0 Å². The minimum atomic E-state index is -4.23. The van der Waals surface area contributed by atoms with Gasteiger partial charge in [0, 0.05) is 31.0 Å². The van der Waals surface area contributed by atoms with Gasteiger partial charge in [0.2, 0.25) is 0 Å². The normalized spacial score (nSPS) is 19.7. The lowest BCUT2D eigenvalue weighted by Gasteiger charge is -2.20. The van der Waals surface area contributed by atoms with Gasteiger partial charge in [0.15, 0.2) is 0 Å². The molecule has 3 nitrogen and oxygen atoms in total. The van der Waals surface area contributed by atoms with Crippen molar-refractivity contribution in [1.82, 2.24) is 15.3 Å². The van der Waals surface area contributed by atoms with Gasteiger partial charge in [0.05, 0.1) is 11.4 Å². The van der Waals surface area contributed by atoms with Crippen molar-refractivity contribution in [1.29, 1.82) is 0 Å². The molecule has 2 aliphatic rings. The van der Waals surface area contributed by atoms with Crippen LogP contribution >= 0.6 is 0 Å². The molecule has 1 saturated carbocycles. The number of nitrogens with one attached hydrogen (secondary N) is 1. The number of fused-ring (bicyclic) bond motifs is 1. The Kier molecular flexibility index (Phi) is 2.77. The van der Waals surface area contributed by atoms with E-state index in [-0.39, 0.29) is 5.82 Å². The van der Waals surface area contributed by atoms with Crippen LogP contribution in [0.3, 0.4) is 0 Å². The van der Waals surface area contributed by atoms with Crippen LogP contribution in [0.25, 0.3) is 0 Å². The van der Waals surface area contributed by atoms with Crippen LogP contribution < -0.4 is 5.32 Å². The summed E-state index contributed by atoms with van der Waals surface area (Å²) in [7, 11) is 0. The van der Waals surface area contributed by atoms with Crippen molar-refractivity contribution in [2.75, 3.05) is 6.54 Å². The summed E-state index contributed by atoms with van der Waals surface area (Å²) < 4.78 is 37.3. The maximum atomic E-state index is 12.4. The molecule has 0 bridgehead atoms. The molecule has 0 radical (unpaired) electrons. The van der Waals surface area contributed by atoms with Crippen molar-refractivity contribution < 1.29 is 13.2 Å². The molecule has 1 aliphatic heterocycles. The van der Waals surface area contributed by atoms with Crippen LogP contribution in [0.4, 0.5) is 13.2 Å². The van der Waals surface area contributed by atoms with Crippen molar-refractivity contribution in [2.45, 2.75) is 44.3 Å². The summed E-state index contributed by atoms with van der Waals surface area (Å²) >= 11 is 0. The van der Waals surface area contributed by atoms with Crippen LogP contribution in [0, 0.1) is 0 Å². The Balaban J connectivity index is 1.98. The average molecular weight is 257 g/mol. The highest BCUT2D eigenvalue weighted by atomic mass is 19.4. The van der Waals surface area contributed by atoms with Crippen molar-refractivity contribution >= 4 is 0 Å². The fourth-order valence-corrected chi connectivity index (χ4v) is 2.37. The Bertz CT molecular complexity index is 466. The molecule has 0 aromatic carbocycles. The first-order chi connectivity index (χ1) is 8.53. The predicted molar refractivity (Wildman–Crippen MR) is 59.2 cm³/mol. The molecule has 0 unspecified atom stereocenters. The molecule has 3 rings (SSSR count). The number of rotatable bonds is 2. The molecule has 1 aromatic heterocycles. The molecule has 0 amide bonds. The average Bonchev–Trinajstić information content (AvgIpc) is 3.09. The summed E-state index contributed by atoms with van der Waals surface area (Å²) in [5, 5.41) is 3.23. The van der Waals surface area contributed by atoms with E-state index in [0.29, 0.717) is 18.9 Å². The SMILES string of the molecule is FC(F)(F)Cc1nc2c(c(C3CC3)n1)CNCC2. The first-order valence-corrected chi connectivity index (χ1v) is 6.19. The van der Waals surface area contributed by atoms with Gasteiger partial charge in [-0.3, -0.25) is 0 Å². The highest BCUT2D eigenvalue weighted by Crippen LogP contribution is 2.41. The molecule has 0 atom stereocenters. The van der Waals surface area contributed by atoms with Crippen LogP contribution in [0.5, 0.6) is 0 Å². The molecule has 1 aliphatic carbocycles. The summed E-state index contributed by atoms with van der Waals surface area (Å²) in [6.07, 6.45) is -2.48. The Labute approximate surface area is 103 Å². The second-order valence-corrected chi connectivity index (χ2v) is 4.94. The van der Waals surface area contributed by atoms with Crippen molar-refractivity contribution in [3.05, 3.63) is 22.8 Å². The molecule has 1 fully saturated rings. The van der Waals surface area contributed by atoms with Crippen LogP contribution in [-0.4, -0.2) is 22.7 Å². The summed E-state index contributed by atoms with van der Waals surface area (Å²) in [5.74, 6) is 0.290. The van der Waals surface area contributed by atoms with E-state index in [9.17, 15) is 13.2 Å². The van der Waals surface area contributed by atoms with E-state index in [1.807, 2.05) is 0 Å². The summed E-state index contributed by atoms with van der Waals surface area (Å²) in [6, 6.07) is 0. The van der Waals surface area contributed by atoms with Crippen LogP contribution in [0.15, 0.2) is 0 Å². The third kappa shape index (κ3) is 2.48. The fourth-order valence-electron chi connectivity index (χ4n) is 2.37. The lowest BCUT2D eigenvalue weighted by molar-refractivity contribution is -0.128. The predicted octanol–water partition coefficient (Wildman–Crippen LogP) is 2.10. The van der Waals surface area contributed by atoms with Crippen molar-refractivity contribution in [2.24, 2.45) is 0 Å².